The third-order valence-electron chi connectivity index (χ3n) is 4.60. The van der Waals surface area contributed by atoms with E-state index in [0.717, 1.165) is 26.3 Å². The maximum absolute atomic E-state index is 5.93. The molecule has 1 heterocycles. The lowest BCUT2D eigenvalue weighted by Gasteiger charge is -2.27. The van der Waals surface area contributed by atoms with Crippen molar-refractivity contribution in [2.75, 3.05) is 44.3 Å². The van der Waals surface area contributed by atoms with E-state index in [1.807, 2.05) is 0 Å². The highest BCUT2D eigenvalue weighted by molar-refractivity contribution is 5.62. The van der Waals surface area contributed by atoms with Gasteiger partial charge in [0.25, 0.3) is 0 Å². The van der Waals surface area contributed by atoms with Gasteiger partial charge in [0.2, 0.25) is 0 Å². The maximum Gasteiger partial charge on any atom is 0.0646 e. The van der Waals surface area contributed by atoms with E-state index in [2.05, 4.69) is 70.5 Å². The van der Waals surface area contributed by atoms with Crippen molar-refractivity contribution >= 4 is 11.4 Å². The van der Waals surface area contributed by atoms with E-state index in [4.69, 9.17) is 4.74 Å². The molecular weight excluding hydrogens is 296 g/mol. The number of ether oxygens (including phenoxy) is 1. The zero-order valence-corrected chi connectivity index (χ0v) is 14.4. The first-order valence-corrected chi connectivity index (χ1v) is 9.11. The van der Waals surface area contributed by atoms with Crippen molar-refractivity contribution < 1.29 is 4.74 Å². The molecule has 0 amide bonds. The second-order valence-electron chi connectivity index (χ2n) is 6.34. The van der Waals surface area contributed by atoms with Crippen LogP contribution < -0.4 is 4.90 Å². The van der Waals surface area contributed by atoms with Gasteiger partial charge < -0.3 is 14.5 Å². The van der Waals surface area contributed by atoms with Gasteiger partial charge in [-0.1, -0.05) is 42.8 Å². The topological polar surface area (TPSA) is 15.7 Å². The van der Waals surface area contributed by atoms with Crippen molar-refractivity contribution in [1.82, 2.24) is 4.90 Å². The van der Waals surface area contributed by atoms with E-state index in [-0.39, 0.29) is 0 Å². The van der Waals surface area contributed by atoms with E-state index in [1.165, 1.54) is 43.7 Å². The van der Waals surface area contributed by atoms with Gasteiger partial charge in [-0.2, -0.15) is 0 Å². The average molecular weight is 324 g/mol. The lowest BCUT2D eigenvalue weighted by atomic mass is 10.1. The lowest BCUT2D eigenvalue weighted by Crippen LogP contribution is -2.33. The van der Waals surface area contributed by atoms with Gasteiger partial charge >= 0.3 is 0 Å². The number of nitrogens with zero attached hydrogens (tertiary/aromatic N) is 2. The molecule has 128 valence electrons. The molecular formula is C21H28N2O. The highest BCUT2D eigenvalue weighted by Crippen LogP contribution is 2.24. The summed E-state index contributed by atoms with van der Waals surface area (Å²) in [6.07, 6.45) is 4.08. The lowest BCUT2D eigenvalue weighted by molar-refractivity contribution is 0.101. The molecule has 1 saturated heterocycles. The van der Waals surface area contributed by atoms with Crippen LogP contribution in [0.15, 0.2) is 60.7 Å². The minimum atomic E-state index is 0.748. The number of benzene rings is 2. The fourth-order valence-corrected chi connectivity index (χ4v) is 3.26. The van der Waals surface area contributed by atoms with Crippen molar-refractivity contribution in [3.8, 4) is 0 Å². The molecule has 3 nitrogen and oxygen atoms in total. The normalized spacial score (nSPS) is 15.3. The highest BCUT2D eigenvalue weighted by atomic mass is 16.5. The Morgan fingerprint density at radius 1 is 0.750 bits per heavy atom. The number of rotatable bonds is 8. The Bertz CT molecular complexity index is 527. The molecule has 1 fully saturated rings. The number of para-hydroxylation sites is 2. The Labute approximate surface area is 145 Å². The molecule has 3 heteroatoms. The summed E-state index contributed by atoms with van der Waals surface area (Å²) in [5, 5.41) is 0. The SMILES string of the molecule is c1ccc(N(CCOCCN2CCCCC2)c2ccccc2)cc1. The van der Waals surface area contributed by atoms with Crippen LogP contribution >= 0.6 is 0 Å². The molecule has 0 atom stereocenters. The smallest absolute Gasteiger partial charge is 0.0646 e. The first kappa shape index (κ1) is 17.0. The Morgan fingerprint density at radius 3 is 1.92 bits per heavy atom. The molecule has 1 aliphatic heterocycles. The van der Waals surface area contributed by atoms with Crippen LogP contribution in [0, 0.1) is 0 Å². The molecule has 2 aromatic carbocycles. The second-order valence-corrected chi connectivity index (χ2v) is 6.34. The van der Waals surface area contributed by atoms with E-state index in [1.54, 1.807) is 0 Å². The fourth-order valence-electron chi connectivity index (χ4n) is 3.26. The quantitative estimate of drug-likeness (QED) is 0.672. The van der Waals surface area contributed by atoms with Gasteiger partial charge in [0.05, 0.1) is 13.2 Å². The predicted molar refractivity (Wildman–Crippen MR) is 101 cm³/mol. The summed E-state index contributed by atoms with van der Waals surface area (Å²) in [4.78, 5) is 4.84. The summed E-state index contributed by atoms with van der Waals surface area (Å²) in [5.41, 5.74) is 2.42. The summed E-state index contributed by atoms with van der Waals surface area (Å²) in [7, 11) is 0. The molecule has 2 aromatic rings. The molecule has 0 aromatic heterocycles. The first-order valence-electron chi connectivity index (χ1n) is 9.11. The third-order valence-corrected chi connectivity index (χ3v) is 4.60. The largest absolute Gasteiger partial charge is 0.378 e. The van der Waals surface area contributed by atoms with Crippen molar-refractivity contribution in [2.45, 2.75) is 19.3 Å². The maximum atomic E-state index is 5.93. The summed E-state index contributed by atoms with van der Waals surface area (Å²) in [6.45, 7) is 5.99. The summed E-state index contributed by atoms with van der Waals surface area (Å²) in [6, 6.07) is 21.1. The highest BCUT2D eigenvalue weighted by Gasteiger charge is 2.10. The number of hydrogen-bond acceptors (Lipinski definition) is 3. The Hall–Kier alpha value is -1.84. The van der Waals surface area contributed by atoms with Crippen LogP contribution in [0.2, 0.25) is 0 Å². The fraction of sp³-hybridized carbons (Fsp3) is 0.429. The van der Waals surface area contributed by atoms with Crippen molar-refractivity contribution in [3.63, 3.8) is 0 Å². The van der Waals surface area contributed by atoms with Gasteiger partial charge in [-0.3, -0.25) is 0 Å². The van der Waals surface area contributed by atoms with E-state index in [0.29, 0.717) is 0 Å². The van der Waals surface area contributed by atoms with Crippen molar-refractivity contribution in [1.29, 1.82) is 0 Å². The molecule has 0 bridgehead atoms. The number of anilines is 2. The standard InChI is InChI=1S/C21H28N2O/c1-4-10-20(11-5-1)23(21-12-6-2-7-13-21)17-19-24-18-16-22-14-8-3-9-15-22/h1-2,4-7,10-13H,3,8-9,14-19H2. The monoisotopic (exact) mass is 324 g/mol. The van der Waals surface area contributed by atoms with E-state index >= 15 is 0 Å². The van der Waals surface area contributed by atoms with Gasteiger partial charge in [-0.15, -0.1) is 0 Å². The van der Waals surface area contributed by atoms with Crippen LogP contribution in [0.3, 0.4) is 0 Å². The van der Waals surface area contributed by atoms with Gasteiger partial charge in [0, 0.05) is 24.5 Å². The minimum Gasteiger partial charge on any atom is -0.378 e. The zero-order chi connectivity index (χ0) is 16.5. The number of piperidine rings is 1. The average Bonchev–Trinajstić information content (AvgIpc) is 2.67. The predicted octanol–water partition coefficient (Wildman–Crippen LogP) is 4.33. The molecule has 0 spiro atoms. The summed E-state index contributed by atoms with van der Waals surface area (Å²) < 4.78 is 5.93. The molecule has 0 saturated carbocycles. The molecule has 0 radical (unpaired) electrons. The third kappa shape index (κ3) is 5.08. The molecule has 1 aliphatic rings. The van der Waals surface area contributed by atoms with Crippen LogP contribution in [0.1, 0.15) is 19.3 Å². The Kier molecular flexibility index (Phi) is 6.70. The van der Waals surface area contributed by atoms with Crippen molar-refractivity contribution in [3.05, 3.63) is 60.7 Å². The summed E-state index contributed by atoms with van der Waals surface area (Å²) >= 11 is 0. The molecule has 24 heavy (non-hydrogen) atoms. The second kappa shape index (κ2) is 9.45. The van der Waals surface area contributed by atoms with Crippen molar-refractivity contribution in [2.24, 2.45) is 0 Å². The zero-order valence-electron chi connectivity index (χ0n) is 14.4. The molecule has 0 unspecified atom stereocenters. The van der Waals surface area contributed by atoms with Crippen LogP contribution in [0.4, 0.5) is 11.4 Å². The van der Waals surface area contributed by atoms with E-state index in [9.17, 15) is 0 Å². The summed E-state index contributed by atoms with van der Waals surface area (Å²) in [5.74, 6) is 0. The van der Waals surface area contributed by atoms with Crippen LogP contribution in [0.25, 0.3) is 0 Å². The number of hydrogen-bond donors (Lipinski definition) is 0. The molecule has 0 N–H and O–H groups in total. The Balaban J connectivity index is 1.49. The van der Waals surface area contributed by atoms with E-state index < -0.39 is 0 Å². The van der Waals surface area contributed by atoms with Crippen LogP contribution in [0.5, 0.6) is 0 Å². The van der Waals surface area contributed by atoms with Gasteiger partial charge in [0.15, 0.2) is 0 Å². The molecule has 0 aliphatic carbocycles. The van der Waals surface area contributed by atoms with Gasteiger partial charge in [0.1, 0.15) is 0 Å². The van der Waals surface area contributed by atoms with Crippen LogP contribution in [-0.4, -0.2) is 44.3 Å². The Morgan fingerprint density at radius 2 is 1.33 bits per heavy atom. The van der Waals surface area contributed by atoms with Gasteiger partial charge in [-0.05, 0) is 50.2 Å². The first-order chi connectivity index (χ1) is 11.9. The van der Waals surface area contributed by atoms with Crippen LogP contribution in [-0.2, 0) is 4.74 Å². The minimum absolute atomic E-state index is 0.748. The number of likely N-dealkylation sites (tertiary alicyclic amines) is 1. The van der Waals surface area contributed by atoms with Gasteiger partial charge in [-0.25, -0.2) is 0 Å². The molecule has 3 rings (SSSR count).